The molecule has 2 N–H and O–H groups in total. The van der Waals surface area contributed by atoms with E-state index in [1.807, 2.05) is 0 Å². The first kappa shape index (κ1) is 10.1. The van der Waals surface area contributed by atoms with Crippen LogP contribution in [0.4, 0.5) is 0 Å². The molecule has 1 fully saturated rings. The molecule has 2 rings (SSSR count). The molecule has 2 heterocycles. The molecule has 2 nitrogen and oxygen atoms in total. The van der Waals surface area contributed by atoms with Crippen molar-refractivity contribution in [1.82, 2.24) is 0 Å². The molecule has 0 amide bonds. The summed E-state index contributed by atoms with van der Waals surface area (Å²) in [6.07, 6.45) is 4.35. The van der Waals surface area contributed by atoms with Crippen molar-refractivity contribution >= 4 is 11.3 Å². The highest BCUT2D eigenvalue weighted by atomic mass is 32.1. The SMILES string of the molecule is NC1(CCc2ccsc2)CCCOC1. The van der Waals surface area contributed by atoms with E-state index in [4.69, 9.17) is 10.5 Å². The number of ether oxygens (including phenoxy) is 1. The number of thiophene rings is 1. The fourth-order valence-corrected chi connectivity index (χ4v) is 2.60. The minimum atomic E-state index is -0.0693. The van der Waals surface area contributed by atoms with E-state index in [1.165, 1.54) is 5.56 Å². The molecular formula is C11H17NOS. The minimum absolute atomic E-state index is 0.0693. The fraction of sp³-hybridized carbons (Fsp3) is 0.636. The molecule has 1 aliphatic heterocycles. The van der Waals surface area contributed by atoms with E-state index < -0.39 is 0 Å². The highest BCUT2D eigenvalue weighted by molar-refractivity contribution is 7.07. The third-order valence-corrected chi connectivity index (χ3v) is 3.58. The van der Waals surface area contributed by atoms with Crippen LogP contribution in [0.3, 0.4) is 0 Å². The van der Waals surface area contributed by atoms with Gasteiger partial charge in [-0.1, -0.05) is 0 Å². The summed E-state index contributed by atoms with van der Waals surface area (Å²) in [7, 11) is 0. The van der Waals surface area contributed by atoms with Gasteiger partial charge in [0.25, 0.3) is 0 Å². The van der Waals surface area contributed by atoms with Crippen LogP contribution < -0.4 is 5.73 Å². The van der Waals surface area contributed by atoms with E-state index in [9.17, 15) is 0 Å². The summed E-state index contributed by atoms with van der Waals surface area (Å²) in [5, 5.41) is 4.32. The van der Waals surface area contributed by atoms with Crippen LogP contribution in [0.5, 0.6) is 0 Å². The van der Waals surface area contributed by atoms with E-state index in [2.05, 4.69) is 16.8 Å². The van der Waals surface area contributed by atoms with Gasteiger partial charge in [0.15, 0.2) is 0 Å². The van der Waals surface area contributed by atoms with Crippen LogP contribution in [0.25, 0.3) is 0 Å². The number of aryl methyl sites for hydroxylation is 1. The van der Waals surface area contributed by atoms with Gasteiger partial charge in [-0.3, -0.25) is 0 Å². The molecular weight excluding hydrogens is 194 g/mol. The number of rotatable bonds is 3. The lowest BCUT2D eigenvalue weighted by Gasteiger charge is -2.33. The molecule has 14 heavy (non-hydrogen) atoms. The van der Waals surface area contributed by atoms with Crippen LogP contribution in [-0.4, -0.2) is 18.8 Å². The zero-order valence-corrected chi connectivity index (χ0v) is 9.19. The van der Waals surface area contributed by atoms with Crippen LogP contribution in [0.2, 0.25) is 0 Å². The Labute approximate surface area is 89.1 Å². The first-order valence-corrected chi connectivity index (χ1v) is 6.11. The molecule has 1 aliphatic rings. The van der Waals surface area contributed by atoms with Gasteiger partial charge in [-0.2, -0.15) is 11.3 Å². The number of nitrogens with two attached hydrogens (primary N) is 1. The molecule has 3 heteroatoms. The maximum absolute atomic E-state index is 6.25. The standard InChI is InChI=1S/C11H17NOS/c12-11(4-1-6-13-9-11)5-2-10-3-7-14-8-10/h3,7-8H,1-2,4-6,9,12H2. The van der Waals surface area contributed by atoms with Gasteiger partial charge in [0.1, 0.15) is 0 Å². The number of hydrogen-bond donors (Lipinski definition) is 1. The smallest absolute Gasteiger partial charge is 0.0646 e. The molecule has 0 aromatic carbocycles. The molecule has 1 aromatic rings. The van der Waals surface area contributed by atoms with Crippen LogP contribution in [-0.2, 0) is 11.2 Å². The van der Waals surface area contributed by atoms with E-state index in [0.717, 1.165) is 38.9 Å². The van der Waals surface area contributed by atoms with Gasteiger partial charge in [0, 0.05) is 12.1 Å². The molecule has 1 saturated heterocycles. The Morgan fingerprint density at radius 1 is 1.57 bits per heavy atom. The van der Waals surface area contributed by atoms with Crippen molar-refractivity contribution in [2.24, 2.45) is 5.73 Å². The van der Waals surface area contributed by atoms with Gasteiger partial charge >= 0.3 is 0 Å². The molecule has 1 atom stereocenters. The Balaban J connectivity index is 1.84. The Morgan fingerprint density at radius 2 is 2.50 bits per heavy atom. The Hall–Kier alpha value is -0.380. The van der Waals surface area contributed by atoms with Crippen LogP contribution >= 0.6 is 11.3 Å². The van der Waals surface area contributed by atoms with E-state index in [0.29, 0.717) is 0 Å². The van der Waals surface area contributed by atoms with Gasteiger partial charge in [0.2, 0.25) is 0 Å². The van der Waals surface area contributed by atoms with Gasteiger partial charge in [-0.25, -0.2) is 0 Å². The van der Waals surface area contributed by atoms with Crippen LogP contribution in [0, 0.1) is 0 Å². The quantitative estimate of drug-likeness (QED) is 0.831. The zero-order valence-electron chi connectivity index (χ0n) is 8.37. The summed E-state index contributed by atoms with van der Waals surface area (Å²) in [5.41, 5.74) is 7.59. The molecule has 0 saturated carbocycles. The maximum atomic E-state index is 6.25. The summed E-state index contributed by atoms with van der Waals surface area (Å²) in [6, 6.07) is 2.18. The van der Waals surface area contributed by atoms with Crippen molar-refractivity contribution in [3.8, 4) is 0 Å². The van der Waals surface area contributed by atoms with Gasteiger partial charge in [0.05, 0.1) is 6.61 Å². The lowest BCUT2D eigenvalue weighted by molar-refractivity contribution is 0.0346. The molecule has 0 bridgehead atoms. The normalized spacial score (nSPS) is 27.8. The second-order valence-corrected chi connectivity index (χ2v) is 4.93. The molecule has 0 aliphatic carbocycles. The van der Waals surface area contributed by atoms with Crippen LogP contribution in [0.1, 0.15) is 24.8 Å². The average Bonchev–Trinajstić information content (AvgIpc) is 2.69. The first-order valence-electron chi connectivity index (χ1n) is 5.16. The topological polar surface area (TPSA) is 35.2 Å². The monoisotopic (exact) mass is 211 g/mol. The lowest BCUT2D eigenvalue weighted by atomic mass is 9.88. The van der Waals surface area contributed by atoms with E-state index >= 15 is 0 Å². The maximum Gasteiger partial charge on any atom is 0.0646 e. The molecule has 0 radical (unpaired) electrons. The van der Waals surface area contributed by atoms with Gasteiger partial charge in [-0.15, -0.1) is 0 Å². The average molecular weight is 211 g/mol. The zero-order chi connectivity index (χ0) is 9.86. The van der Waals surface area contributed by atoms with Gasteiger partial charge < -0.3 is 10.5 Å². The van der Waals surface area contributed by atoms with Crippen molar-refractivity contribution in [2.45, 2.75) is 31.2 Å². The van der Waals surface area contributed by atoms with Crippen molar-refractivity contribution < 1.29 is 4.74 Å². The summed E-state index contributed by atoms with van der Waals surface area (Å²) >= 11 is 1.75. The van der Waals surface area contributed by atoms with Crippen molar-refractivity contribution in [1.29, 1.82) is 0 Å². The van der Waals surface area contributed by atoms with E-state index in [1.54, 1.807) is 11.3 Å². The van der Waals surface area contributed by atoms with Gasteiger partial charge in [-0.05, 0) is 48.1 Å². The molecule has 1 aromatic heterocycles. The third-order valence-electron chi connectivity index (χ3n) is 2.84. The Kier molecular flexibility index (Phi) is 3.21. The van der Waals surface area contributed by atoms with Crippen molar-refractivity contribution in [2.75, 3.05) is 13.2 Å². The summed E-state index contributed by atoms with van der Waals surface area (Å²) < 4.78 is 5.43. The second-order valence-electron chi connectivity index (χ2n) is 4.15. The van der Waals surface area contributed by atoms with Crippen molar-refractivity contribution in [3.05, 3.63) is 22.4 Å². The second kappa shape index (κ2) is 4.43. The van der Waals surface area contributed by atoms with Crippen LogP contribution in [0.15, 0.2) is 16.8 Å². The lowest BCUT2D eigenvalue weighted by Crippen LogP contribution is -2.47. The Bertz CT molecular complexity index is 265. The third kappa shape index (κ3) is 2.56. The molecule has 78 valence electrons. The largest absolute Gasteiger partial charge is 0.380 e. The summed E-state index contributed by atoms with van der Waals surface area (Å²) in [4.78, 5) is 0. The predicted octanol–water partition coefficient (Wildman–Crippen LogP) is 2.19. The Morgan fingerprint density at radius 3 is 3.14 bits per heavy atom. The highest BCUT2D eigenvalue weighted by Crippen LogP contribution is 2.22. The minimum Gasteiger partial charge on any atom is -0.380 e. The highest BCUT2D eigenvalue weighted by Gasteiger charge is 2.27. The number of hydrogen-bond acceptors (Lipinski definition) is 3. The van der Waals surface area contributed by atoms with E-state index in [-0.39, 0.29) is 5.54 Å². The first-order chi connectivity index (χ1) is 6.79. The fourth-order valence-electron chi connectivity index (χ4n) is 1.90. The van der Waals surface area contributed by atoms with Crippen molar-refractivity contribution in [3.63, 3.8) is 0 Å². The molecule has 0 spiro atoms. The molecule has 1 unspecified atom stereocenters. The predicted molar refractivity (Wildman–Crippen MR) is 59.6 cm³/mol. The summed E-state index contributed by atoms with van der Waals surface area (Å²) in [6.45, 7) is 1.62. The summed E-state index contributed by atoms with van der Waals surface area (Å²) in [5.74, 6) is 0.